The van der Waals surface area contributed by atoms with Gasteiger partial charge in [0.25, 0.3) is 5.91 Å². The summed E-state index contributed by atoms with van der Waals surface area (Å²) in [6.07, 6.45) is 1.53. The van der Waals surface area contributed by atoms with Crippen molar-refractivity contribution in [3.8, 4) is 5.75 Å². The summed E-state index contributed by atoms with van der Waals surface area (Å²) in [4.78, 5) is 17.0. The molecule has 0 saturated carbocycles. The lowest BCUT2D eigenvalue weighted by atomic mass is 10.1. The van der Waals surface area contributed by atoms with E-state index in [9.17, 15) is 4.79 Å². The zero-order valence-electron chi connectivity index (χ0n) is 12.3. The van der Waals surface area contributed by atoms with E-state index in [0.29, 0.717) is 10.8 Å². The van der Waals surface area contributed by atoms with Gasteiger partial charge in [-0.15, -0.1) is 0 Å². The topological polar surface area (TPSA) is 44.1 Å². The van der Waals surface area contributed by atoms with Crippen molar-refractivity contribution < 1.29 is 9.53 Å². The number of ether oxygens (including phenoxy) is 1. The molecule has 0 bridgehead atoms. The number of imidazole rings is 1. The molecule has 0 N–H and O–H groups in total. The molecule has 0 aliphatic rings. The Morgan fingerprint density at radius 1 is 1.14 bits per heavy atom. The van der Waals surface area contributed by atoms with Gasteiger partial charge < -0.3 is 4.74 Å². The molecule has 1 aromatic heterocycles. The summed E-state index contributed by atoms with van der Waals surface area (Å²) < 4.78 is 7.35. The molecule has 5 heteroatoms. The van der Waals surface area contributed by atoms with Gasteiger partial charge in [0.2, 0.25) is 0 Å². The molecule has 1 heterocycles. The predicted octanol–water partition coefficient (Wildman–Crippen LogP) is 4.19. The molecule has 0 fully saturated rings. The SMILES string of the molecule is CC(C)(Oc1ccc(Cl)cc1)C(=O)n1cnc2ccccc21. The highest BCUT2D eigenvalue weighted by Crippen LogP contribution is 2.23. The molecule has 0 atom stereocenters. The van der Waals surface area contributed by atoms with Gasteiger partial charge in [-0.3, -0.25) is 9.36 Å². The third-order valence-corrected chi connectivity index (χ3v) is 3.63. The number of para-hydroxylation sites is 2. The van der Waals surface area contributed by atoms with Crippen molar-refractivity contribution in [2.75, 3.05) is 0 Å². The van der Waals surface area contributed by atoms with E-state index in [-0.39, 0.29) is 5.91 Å². The van der Waals surface area contributed by atoms with E-state index in [2.05, 4.69) is 4.98 Å². The Morgan fingerprint density at radius 2 is 1.82 bits per heavy atom. The zero-order chi connectivity index (χ0) is 15.7. The lowest BCUT2D eigenvalue weighted by Gasteiger charge is -2.25. The van der Waals surface area contributed by atoms with Crippen LogP contribution >= 0.6 is 11.6 Å². The quantitative estimate of drug-likeness (QED) is 0.728. The maximum Gasteiger partial charge on any atom is 0.275 e. The van der Waals surface area contributed by atoms with E-state index in [1.807, 2.05) is 24.3 Å². The first-order valence-electron chi connectivity index (χ1n) is 6.89. The minimum atomic E-state index is -1.03. The number of rotatable bonds is 3. The highest BCUT2D eigenvalue weighted by molar-refractivity contribution is 6.30. The molecule has 0 aliphatic carbocycles. The predicted molar refractivity (Wildman–Crippen MR) is 86.5 cm³/mol. The Bertz CT molecular complexity index is 822. The summed E-state index contributed by atoms with van der Waals surface area (Å²) in [5.41, 5.74) is 0.510. The summed E-state index contributed by atoms with van der Waals surface area (Å²) in [6.45, 7) is 3.47. The Kier molecular flexibility index (Phi) is 3.62. The van der Waals surface area contributed by atoms with Crippen molar-refractivity contribution in [3.63, 3.8) is 0 Å². The number of nitrogens with zero attached hydrogens (tertiary/aromatic N) is 2. The Labute approximate surface area is 133 Å². The highest BCUT2D eigenvalue weighted by atomic mass is 35.5. The lowest BCUT2D eigenvalue weighted by Crippen LogP contribution is -2.41. The second-order valence-electron chi connectivity index (χ2n) is 5.47. The van der Waals surface area contributed by atoms with Crippen LogP contribution in [0.5, 0.6) is 5.75 Å². The number of hydrogen-bond donors (Lipinski definition) is 0. The molecule has 0 unspecified atom stereocenters. The van der Waals surface area contributed by atoms with Gasteiger partial charge in [0.1, 0.15) is 12.1 Å². The van der Waals surface area contributed by atoms with Crippen LogP contribution in [0.2, 0.25) is 5.02 Å². The van der Waals surface area contributed by atoms with Gasteiger partial charge in [-0.1, -0.05) is 23.7 Å². The van der Waals surface area contributed by atoms with Gasteiger partial charge in [-0.25, -0.2) is 4.98 Å². The van der Waals surface area contributed by atoms with Gasteiger partial charge in [-0.05, 0) is 50.2 Å². The van der Waals surface area contributed by atoms with Crippen molar-refractivity contribution in [3.05, 3.63) is 59.9 Å². The van der Waals surface area contributed by atoms with Crippen molar-refractivity contribution >= 4 is 28.5 Å². The molecule has 112 valence electrons. The van der Waals surface area contributed by atoms with Gasteiger partial charge in [0.15, 0.2) is 5.60 Å². The summed E-state index contributed by atoms with van der Waals surface area (Å²) in [5.74, 6) is 0.406. The van der Waals surface area contributed by atoms with Crippen LogP contribution in [-0.2, 0) is 0 Å². The number of carbonyl (C=O) groups excluding carboxylic acids is 1. The molecule has 4 nitrogen and oxygen atoms in total. The molecule has 0 aliphatic heterocycles. The number of carbonyl (C=O) groups is 1. The first kappa shape index (κ1) is 14.6. The van der Waals surface area contributed by atoms with Crippen LogP contribution in [0.25, 0.3) is 11.0 Å². The second kappa shape index (κ2) is 5.46. The molecule has 3 aromatic rings. The highest BCUT2D eigenvalue weighted by Gasteiger charge is 2.32. The standard InChI is InChI=1S/C17H15ClN2O2/c1-17(2,22-13-9-7-12(18)8-10-13)16(21)20-11-19-14-5-3-4-6-15(14)20/h3-11H,1-2H3. The fourth-order valence-corrected chi connectivity index (χ4v) is 2.38. The summed E-state index contributed by atoms with van der Waals surface area (Å²) in [7, 11) is 0. The maximum atomic E-state index is 12.8. The smallest absolute Gasteiger partial charge is 0.275 e. The lowest BCUT2D eigenvalue weighted by molar-refractivity contribution is 0.0493. The average Bonchev–Trinajstić information content (AvgIpc) is 2.92. The number of aromatic nitrogens is 2. The minimum absolute atomic E-state index is 0.184. The molecule has 3 rings (SSSR count). The van der Waals surface area contributed by atoms with E-state index < -0.39 is 5.60 Å². The summed E-state index contributed by atoms with van der Waals surface area (Å²) in [5, 5.41) is 0.622. The van der Waals surface area contributed by atoms with E-state index in [4.69, 9.17) is 16.3 Å². The van der Waals surface area contributed by atoms with E-state index in [1.54, 1.807) is 38.1 Å². The van der Waals surface area contributed by atoms with Crippen LogP contribution in [0.3, 0.4) is 0 Å². The van der Waals surface area contributed by atoms with Crippen LogP contribution in [0.15, 0.2) is 54.9 Å². The van der Waals surface area contributed by atoms with Crippen molar-refractivity contribution in [1.29, 1.82) is 0 Å². The van der Waals surface area contributed by atoms with Gasteiger partial charge in [0.05, 0.1) is 11.0 Å². The zero-order valence-corrected chi connectivity index (χ0v) is 13.0. The number of halogens is 1. The minimum Gasteiger partial charge on any atom is -0.478 e. The van der Waals surface area contributed by atoms with Crippen LogP contribution in [0.4, 0.5) is 0 Å². The molecule has 0 spiro atoms. The molecule has 0 saturated heterocycles. The second-order valence-corrected chi connectivity index (χ2v) is 5.91. The third kappa shape index (κ3) is 2.70. The number of benzene rings is 2. The Hall–Kier alpha value is -2.33. The summed E-state index contributed by atoms with van der Waals surface area (Å²) >= 11 is 5.86. The van der Waals surface area contributed by atoms with Gasteiger partial charge >= 0.3 is 0 Å². The fraction of sp³-hybridized carbons (Fsp3) is 0.176. The fourth-order valence-electron chi connectivity index (χ4n) is 2.25. The third-order valence-electron chi connectivity index (χ3n) is 3.37. The van der Waals surface area contributed by atoms with E-state index in [0.717, 1.165) is 11.0 Å². The van der Waals surface area contributed by atoms with E-state index >= 15 is 0 Å². The van der Waals surface area contributed by atoms with Crippen LogP contribution in [0.1, 0.15) is 18.6 Å². The summed E-state index contributed by atoms with van der Waals surface area (Å²) in [6, 6.07) is 14.4. The molecular formula is C17H15ClN2O2. The largest absolute Gasteiger partial charge is 0.478 e. The van der Waals surface area contributed by atoms with Crippen LogP contribution in [0, 0.1) is 0 Å². The first-order valence-corrected chi connectivity index (χ1v) is 7.27. The number of hydrogen-bond acceptors (Lipinski definition) is 3. The average molecular weight is 315 g/mol. The van der Waals surface area contributed by atoms with Gasteiger partial charge in [0, 0.05) is 5.02 Å². The molecular weight excluding hydrogens is 300 g/mol. The van der Waals surface area contributed by atoms with E-state index in [1.165, 1.54) is 10.9 Å². The van der Waals surface area contributed by atoms with Crippen molar-refractivity contribution in [2.24, 2.45) is 0 Å². The van der Waals surface area contributed by atoms with Crippen molar-refractivity contribution in [1.82, 2.24) is 9.55 Å². The molecule has 0 radical (unpaired) electrons. The normalized spacial score (nSPS) is 11.6. The molecule has 22 heavy (non-hydrogen) atoms. The monoisotopic (exact) mass is 314 g/mol. The molecule has 2 aromatic carbocycles. The van der Waals surface area contributed by atoms with Crippen molar-refractivity contribution in [2.45, 2.75) is 19.4 Å². The van der Waals surface area contributed by atoms with Crippen LogP contribution in [-0.4, -0.2) is 21.1 Å². The first-order chi connectivity index (χ1) is 10.5. The Balaban J connectivity index is 1.91. The molecule has 0 amide bonds. The number of fused-ring (bicyclic) bond motifs is 1. The van der Waals surface area contributed by atoms with Gasteiger partial charge in [-0.2, -0.15) is 0 Å². The maximum absolute atomic E-state index is 12.8. The Morgan fingerprint density at radius 3 is 2.55 bits per heavy atom. The van der Waals surface area contributed by atoms with Crippen LogP contribution < -0.4 is 4.74 Å².